The number of ether oxygens (including phenoxy) is 1. The van der Waals surface area contributed by atoms with Gasteiger partial charge in [0.15, 0.2) is 0 Å². The number of halogens is 1. The number of hydrogen-bond acceptors (Lipinski definition) is 5. The lowest BCUT2D eigenvalue weighted by atomic mass is 10.0. The van der Waals surface area contributed by atoms with Gasteiger partial charge in [0.2, 0.25) is 0 Å². The average molecular weight is 317 g/mol. The van der Waals surface area contributed by atoms with Crippen molar-refractivity contribution in [1.82, 2.24) is 9.97 Å². The second kappa shape index (κ2) is 7.48. The van der Waals surface area contributed by atoms with Crippen LogP contribution in [0.1, 0.15) is 23.6 Å². The number of aliphatic hydroxyl groups excluding tert-OH is 1. The van der Waals surface area contributed by atoms with Crippen molar-refractivity contribution in [2.45, 2.75) is 18.9 Å². The molecule has 3 rings (SSSR count). The predicted octanol–water partition coefficient (Wildman–Crippen LogP) is 2.12. The van der Waals surface area contributed by atoms with E-state index in [1.807, 2.05) is 11.0 Å². The molecule has 2 aromatic rings. The smallest absolute Gasteiger partial charge is 0.132 e. The highest BCUT2D eigenvalue weighted by molar-refractivity contribution is 5.41. The van der Waals surface area contributed by atoms with E-state index in [1.54, 1.807) is 18.5 Å². The third-order valence-corrected chi connectivity index (χ3v) is 4.00. The largest absolute Gasteiger partial charge is 0.395 e. The van der Waals surface area contributed by atoms with Gasteiger partial charge in [-0.05, 0) is 24.1 Å². The summed E-state index contributed by atoms with van der Waals surface area (Å²) in [5, 5.41) is 9.34. The summed E-state index contributed by atoms with van der Waals surface area (Å²) in [5.41, 5.74) is 1.93. The van der Waals surface area contributed by atoms with Gasteiger partial charge in [-0.3, -0.25) is 0 Å². The second-order valence-electron chi connectivity index (χ2n) is 5.63. The molecule has 1 aromatic carbocycles. The fourth-order valence-electron chi connectivity index (χ4n) is 2.73. The molecule has 0 radical (unpaired) electrons. The quantitative estimate of drug-likeness (QED) is 0.884. The Kier molecular flexibility index (Phi) is 5.15. The standard InChI is InChI=1S/C17H20FN3O2/c18-15-3-1-13(2-4-15)10-21(6-7-22)17-9-16(19-12-20-17)14-5-8-23-11-14/h1-4,9,12,14,22H,5-8,10-11H2. The third kappa shape index (κ3) is 4.03. The zero-order valence-electron chi connectivity index (χ0n) is 12.9. The van der Waals surface area contributed by atoms with Gasteiger partial charge in [-0.2, -0.15) is 0 Å². The van der Waals surface area contributed by atoms with Crippen molar-refractivity contribution in [2.75, 3.05) is 31.3 Å². The molecule has 1 aliphatic rings. The first-order valence-electron chi connectivity index (χ1n) is 7.76. The van der Waals surface area contributed by atoms with E-state index >= 15 is 0 Å². The van der Waals surface area contributed by atoms with Gasteiger partial charge in [0, 0.05) is 31.7 Å². The first-order chi connectivity index (χ1) is 11.3. The number of benzene rings is 1. The Balaban J connectivity index is 1.79. The lowest BCUT2D eigenvalue weighted by Gasteiger charge is -2.23. The molecule has 2 heterocycles. The average Bonchev–Trinajstić information content (AvgIpc) is 3.11. The maximum Gasteiger partial charge on any atom is 0.132 e. The monoisotopic (exact) mass is 317 g/mol. The van der Waals surface area contributed by atoms with Gasteiger partial charge >= 0.3 is 0 Å². The van der Waals surface area contributed by atoms with Crippen LogP contribution in [0, 0.1) is 5.82 Å². The van der Waals surface area contributed by atoms with Crippen LogP contribution in [0.25, 0.3) is 0 Å². The molecule has 1 atom stereocenters. The fourth-order valence-corrected chi connectivity index (χ4v) is 2.73. The molecular formula is C17H20FN3O2. The molecule has 23 heavy (non-hydrogen) atoms. The molecule has 122 valence electrons. The first kappa shape index (κ1) is 15.8. The van der Waals surface area contributed by atoms with E-state index < -0.39 is 0 Å². The number of aliphatic hydroxyl groups is 1. The zero-order valence-corrected chi connectivity index (χ0v) is 12.9. The Hall–Kier alpha value is -2.05. The van der Waals surface area contributed by atoms with Crippen molar-refractivity contribution in [3.05, 3.63) is 53.7 Å². The topological polar surface area (TPSA) is 58.5 Å². The number of nitrogens with zero attached hydrogens (tertiary/aromatic N) is 3. The molecule has 6 heteroatoms. The van der Waals surface area contributed by atoms with Crippen molar-refractivity contribution in [1.29, 1.82) is 0 Å². The highest BCUT2D eigenvalue weighted by Gasteiger charge is 2.20. The Morgan fingerprint density at radius 2 is 2.09 bits per heavy atom. The predicted molar refractivity (Wildman–Crippen MR) is 84.7 cm³/mol. The van der Waals surface area contributed by atoms with Gasteiger partial charge in [-0.15, -0.1) is 0 Å². The van der Waals surface area contributed by atoms with E-state index in [4.69, 9.17) is 4.74 Å². The molecule has 1 aromatic heterocycles. The van der Waals surface area contributed by atoms with Crippen molar-refractivity contribution in [3.63, 3.8) is 0 Å². The Morgan fingerprint density at radius 1 is 1.26 bits per heavy atom. The number of aromatic nitrogens is 2. The molecule has 0 aliphatic carbocycles. The molecule has 5 nitrogen and oxygen atoms in total. The number of rotatable bonds is 6. The van der Waals surface area contributed by atoms with Gasteiger partial charge < -0.3 is 14.7 Å². The minimum Gasteiger partial charge on any atom is -0.395 e. The van der Waals surface area contributed by atoms with Crippen LogP contribution >= 0.6 is 0 Å². The molecular weight excluding hydrogens is 297 g/mol. The van der Waals surface area contributed by atoms with Crippen LogP contribution in [0.4, 0.5) is 10.2 Å². The van der Waals surface area contributed by atoms with Gasteiger partial charge in [-0.1, -0.05) is 12.1 Å². The number of hydrogen-bond donors (Lipinski definition) is 1. The van der Waals surface area contributed by atoms with Crippen LogP contribution in [-0.4, -0.2) is 41.4 Å². The molecule has 1 aliphatic heterocycles. The summed E-state index contributed by atoms with van der Waals surface area (Å²) in [6, 6.07) is 8.32. The van der Waals surface area contributed by atoms with Crippen LogP contribution in [0.3, 0.4) is 0 Å². The molecule has 0 saturated carbocycles. The SMILES string of the molecule is OCCN(Cc1ccc(F)cc1)c1cc(C2CCOC2)ncn1. The Labute approximate surface area is 134 Å². The molecule has 0 amide bonds. The highest BCUT2D eigenvalue weighted by Crippen LogP contribution is 2.25. The minimum absolute atomic E-state index is 0.0209. The summed E-state index contributed by atoms with van der Waals surface area (Å²) in [6.07, 6.45) is 2.52. The minimum atomic E-state index is -0.256. The van der Waals surface area contributed by atoms with Gasteiger partial charge in [0.25, 0.3) is 0 Å². The summed E-state index contributed by atoms with van der Waals surface area (Å²) in [4.78, 5) is 10.7. The lowest BCUT2D eigenvalue weighted by molar-refractivity contribution is 0.193. The van der Waals surface area contributed by atoms with E-state index in [-0.39, 0.29) is 12.4 Å². The van der Waals surface area contributed by atoms with E-state index in [0.717, 1.165) is 30.1 Å². The van der Waals surface area contributed by atoms with Crippen LogP contribution in [0.15, 0.2) is 36.7 Å². The first-order valence-corrected chi connectivity index (χ1v) is 7.76. The number of anilines is 1. The fraction of sp³-hybridized carbons (Fsp3) is 0.412. The Morgan fingerprint density at radius 3 is 2.78 bits per heavy atom. The van der Waals surface area contributed by atoms with Crippen molar-refractivity contribution in [3.8, 4) is 0 Å². The van der Waals surface area contributed by atoms with E-state index in [9.17, 15) is 9.50 Å². The Bertz CT molecular complexity index is 630. The van der Waals surface area contributed by atoms with Crippen LogP contribution < -0.4 is 4.90 Å². The van der Waals surface area contributed by atoms with Crippen LogP contribution in [0.2, 0.25) is 0 Å². The summed E-state index contributed by atoms with van der Waals surface area (Å²) in [5.74, 6) is 0.812. The van der Waals surface area contributed by atoms with Gasteiger partial charge in [-0.25, -0.2) is 14.4 Å². The van der Waals surface area contributed by atoms with E-state index in [1.165, 1.54) is 12.1 Å². The highest BCUT2D eigenvalue weighted by atomic mass is 19.1. The third-order valence-electron chi connectivity index (χ3n) is 4.00. The summed E-state index contributed by atoms with van der Waals surface area (Å²) < 4.78 is 18.5. The molecule has 0 spiro atoms. The normalized spacial score (nSPS) is 17.4. The van der Waals surface area contributed by atoms with Crippen molar-refractivity contribution < 1.29 is 14.2 Å². The molecule has 1 unspecified atom stereocenters. The zero-order chi connectivity index (χ0) is 16.1. The molecule has 0 bridgehead atoms. The van der Waals surface area contributed by atoms with Crippen LogP contribution in [0.5, 0.6) is 0 Å². The van der Waals surface area contributed by atoms with E-state index in [0.29, 0.717) is 25.6 Å². The van der Waals surface area contributed by atoms with E-state index in [2.05, 4.69) is 9.97 Å². The van der Waals surface area contributed by atoms with Crippen LogP contribution in [-0.2, 0) is 11.3 Å². The maximum absolute atomic E-state index is 13.0. The van der Waals surface area contributed by atoms with Crippen molar-refractivity contribution >= 4 is 5.82 Å². The molecule has 1 fully saturated rings. The molecule has 1 N–H and O–H groups in total. The maximum atomic E-state index is 13.0. The van der Waals surface area contributed by atoms with Gasteiger partial charge in [0.05, 0.1) is 18.9 Å². The van der Waals surface area contributed by atoms with Gasteiger partial charge in [0.1, 0.15) is 18.0 Å². The van der Waals surface area contributed by atoms with Crippen molar-refractivity contribution in [2.24, 2.45) is 0 Å². The lowest BCUT2D eigenvalue weighted by Crippen LogP contribution is -2.27. The molecule has 1 saturated heterocycles. The summed E-state index contributed by atoms with van der Waals surface area (Å²) in [7, 11) is 0. The second-order valence-corrected chi connectivity index (χ2v) is 5.63. The summed E-state index contributed by atoms with van der Waals surface area (Å²) >= 11 is 0. The summed E-state index contributed by atoms with van der Waals surface area (Å²) in [6.45, 7) is 2.48.